The summed E-state index contributed by atoms with van der Waals surface area (Å²) >= 11 is 0. The molecule has 1 aliphatic rings. The number of carbonyl (C=O) groups excluding carboxylic acids is 1. The predicted octanol–water partition coefficient (Wildman–Crippen LogP) is 2.49. The summed E-state index contributed by atoms with van der Waals surface area (Å²) in [6.07, 6.45) is 2.65. The fourth-order valence-corrected chi connectivity index (χ4v) is 1.98. The fraction of sp³-hybridized carbons (Fsp3) is 0.500. The second kappa shape index (κ2) is 5.98. The Balaban J connectivity index is 1.93. The molecule has 1 N–H and O–H groups in total. The van der Waals surface area contributed by atoms with E-state index in [1.165, 1.54) is 0 Å². The van der Waals surface area contributed by atoms with E-state index in [0.717, 1.165) is 30.4 Å². The molecule has 98 valence electrons. The van der Waals surface area contributed by atoms with Crippen LogP contribution in [-0.4, -0.2) is 18.8 Å². The maximum atomic E-state index is 12.0. The first-order valence-electron chi connectivity index (χ1n) is 6.32. The topological polar surface area (TPSA) is 47.6 Å². The van der Waals surface area contributed by atoms with E-state index in [-0.39, 0.29) is 12.2 Å². The number of ether oxygens (including phenoxy) is 1. The van der Waals surface area contributed by atoms with Gasteiger partial charge in [-0.2, -0.15) is 0 Å². The van der Waals surface area contributed by atoms with Gasteiger partial charge in [-0.05, 0) is 43.9 Å². The Morgan fingerprint density at radius 1 is 1.39 bits per heavy atom. The smallest absolute Gasteiger partial charge is 0.275 e. The highest BCUT2D eigenvalue weighted by molar-refractivity contribution is 5.95. The number of hydroxylamine groups is 1. The van der Waals surface area contributed by atoms with Gasteiger partial charge in [-0.15, -0.1) is 0 Å². The minimum atomic E-state index is -0.312. The van der Waals surface area contributed by atoms with Crippen molar-refractivity contribution in [2.24, 2.45) is 0 Å². The van der Waals surface area contributed by atoms with Crippen LogP contribution in [0.25, 0.3) is 0 Å². The monoisotopic (exact) mass is 249 g/mol. The van der Waals surface area contributed by atoms with Crippen molar-refractivity contribution in [2.75, 3.05) is 6.61 Å². The van der Waals surface area contributed by atoms with Gasteiger partial charge in [-0.3, -0.25) is 4.79 Å². The molecule has 1 heterocycles. The van der Waals surface area contributed by atoms with Crippen molar-refractivity contribution in [1.82, 2.24) is 5.48 Å². The van der Waals surface area contributed by atoms with Crippen LogP contribution >= 0.6 is 0 Å². The van der Waals surface area contributed by atoms with Crippen LogP contribution in [-0.2, 0) is 9.57 Å². The third-order valence-electron chi connectivity index (χ3n) is 3.27. The molecule has 1 aliphatic heterocycles. The minimum Gasteiger partial charge on any atom is -0.350 e. The number of aryl methyl sites for hydroxylation is 1. The zero-order chi connectivity index (χ0) is 13.0. The van der Waals surface area contributed by atoms with E-state index >= 15 is 0 Å². The molecule has 0 radical (unpaired) electrons. The van der Waals surface area contributed by atoms with Crippen LogP contribution in [0, 0.1) is 13.8 Å². The number of benzene rings is 1. The Morgan fingerprint density at radius 3 is 2.94 bits per heavy atom. The van der Waals surface area contributed by atoms with E-state index < -0.39 is 0 Å². The molecule has 4 nitrogen and oxygen atoms in total. The van der Waals surface area contributed by atoms with Crippen LogP contribution in [0.2, 0.25) is 0 Å². The van der Waals surface area contributed by atoms with Gasteiger partial charge in [0.25, 0.3) is 5.91 Å². The molecule has 0 aliphatic carbocycles. The zero-order valence-electron chi connectivity index (χ0n) is 10.9. The van der Waals surface area contributed by atoms with Crippen LogP contribution in [0.5, 0.6) is 0 Å². The Bertz CT molecular complexity index is 425. The molecule has 2 rings (SSSR count). The zero-order valence-corrected chi connectivity index (χ0v) is 10.9. The second-order valence-electron chi connectivity index (χ2n) is 4.59. The lowest BCUT2D eigenvalue weighted by Crippen LogP contribution is -2.33. The summed E-state index contributed by atoms with van der Waals surface area (Å²) in [5.74, 6) is -0.217. The molecular formula is C14H19NO3. The van der Waals surface area contributed by atoms with E-state index in [9.17, 15) is 4.79 Å². The number of nitrogens with one attached hydrogen (secondary N) is 1. The maximum Gasteiger partial charge on any atom is 0.275 e. The van der Waals surface area contributed by atoms with Crippen LogP contribution in [0.4, 0.5) is 0 Å². The van der Waals surface area contributed by atoms with E-state index in [1.54, 1.807) is 6.07 Å². The van der Waals surface area contributed by atoms with Crippen LogP contribution in [0.3, 0.4) is 0 Å². The first-order valence-corrected chi connectivity index (χ1v) is 6.32. The van der Waals surface area contributed by atoms with Gasteiger partial charge < -0.3 is 4.74 Å². The third kappa shape index (κ3) is 3.09. The molecule has 1 atom stereocenters. The molecule has 0 unspecified atom stereocenters. The molecule has 0 aromatic heterocycles. The summed E-state index contributed by atoms with van der Waals surface area (Å²) in [5.41, 5.74) is 5.19. The Labute approximate surface area is 107 Å². The molecule has 0 spiro atoms. The number of amides is 1. The van der Waals surface area contributed by atoms with Gasteiger partial charge in [0.05, 0.1) is 0 Å². The van der Waals surface area contributed by atoms with Crippen molar-refractivity contribution in [1.29, 1.82) is 0 Å². The molecular weight excluding hydrogens is 230 g/mol. The number of carbonyl (C=O) groups is 1. The summed E-state index contributed by atoms with van der Waals surface area (Å²) in [5, 5.41) is 0. The van der Waals surface area contributed by atoms with Crippen LogP contribution in [0.15, 0.2) is 18.2 Å². The van der Waals surface area contributed by atoms with Gasteiger partial charge in [0, 0.05) is 18.6 Å². The molecule has 1 aromatic carbocycles. The lowest BCUT2D eigenvalue weighted by atomic mass is 10.0. The largest absolute Gasteiger partial charge is 0.350 e. The number of hydrogen-bond donors (Lipinski definition) is 1. The van der Waals surface area contributed by atoms with E-state index in [4.69, 9.17) is 9.57 Å². The standard InChI is InChI=1S/C14H19NO3/c1-10-6-5-7-12(11(10)2)14(16)15-18-13-8-3-4-9-17-13/h5-7,13H,3-4,8-9H2,1-2H3,(H,15,16)/t13-/m1/s1. The minimum absolute atomic E-state index is 0.217. The highest BCUT2D eigenvalue weighted by atomic mass is 16.8. The lowest BCUT2D eigenvalue weighted by molar-refractivity contribution is -0.186. The Kier molecular flexibility index (Phi) is 4.33. The normalized spacial score (nSPS) is 19.6. The highest BCUT2D eigenvalue weighted by Gasteiger charge is 2.17. The van der Waals surface area contributed by atoms with Gasteiger partial charge in [0.2, 0.25) is 0 Å². The SMILES string of the molecule is Cc1cccc(C(=O)NO[C@@H]2CCCCO2)c1C. The molecule has 1 amide bonds. The fourth-order valence-electron chi connectivity index (χ4n) is 1.98. The summed E-state index contributed by atoms with van der Waals surface area (Å²) in [7, 11) is 0. The van der Waals surface area contributed by atoms with Crippen molar-refractivity contribution < 1.29 is 14.4 Å². The van der Waals surface area contributed by atoms with E-state index in [2.05, 4.69) is 5.48 Å². The van der Waals surface area contributed by atoms with Gasteiger partial charge in [-0.1, -0.05) is 12.1 Å². The average Bonchev–Trinajstić information content (AvgIpc) is 2.40. The quantitative estimate of drug-likeness (QED) is 0.837. The van der Waals surface area contributed by atoms with Crippen LogP contribution in [0.1, 0.15) is 40.7 Å². The Hall–Kier alpha value is -1.39. The Morgan fingerprint density at radius 2 is 2.22 bits per heavy atom. The molecule has 0 saturated carbocycles. The van der Waals surface area contributed by atoms with Gasteiger partial charge in [0.1, 0.15) is 0 Å². The third-order valence-corrected chi connectivity index (χ3v) is 3.27. The maximum absolute atomic E-state index is 12.0. The molecule has 1 aromatic rings. The van der Waals surface area contributed by atoms with Crippen molar-refractivity contribution in [2.45, 2.75) is 39.4 Å². The first kappa shape index (κ1) is 13.1. The summed E-state index contributed by atoms with van der Waals surface area (Å²) in [6.45, 7) is 4.61. The molecule has 1 saturated heterocycles. The number of rotatable bonds is 3. The van der Waals surface area contributed by atoms with E-state index in [1.807, 2.05) is 26.0 Å². The summed E-state index contributed by atoms with van der Waals surface area (Å²) < 4.78 is 5.38. The second-order valence-corrected chi connectivity index (χ2v) is 4.59. The van der Waals surface area contributed by atoms with Crippen molar-refractivity contribution in [3.05, 3.63) is 34.9 Å². The summed E-state index contributed by atoms with van der Waals surface area (Å²) in [4.78, 5) is 17.2. The predicted molar refractivity (Wildman–Crippen MR) is 68.1 cm³/mol. The van der Waals surface area contributed by atoms with Gasteiger partial charge in [-0.25, -0.2) is 10.3 Å². The lowest BCUT2D eigenvalue weighted by Gasteiger charge is -2.22. The molecule has 0 bridgehead atoms. The first-order chi connectivity index (χ1) is 8.68. The molecule has 1 fully saturated rings. The van der Waals surface area contributed by atoms with Gasteiger partial charge in [0.15, 0.2) is 6.29 Å². The van der Waals surface area contributed by atoms with Gasteiger partial charge >= 0.3 is 0 Å². The van der Waals surface area contributed by atoms with Crippen LogP contribution < -0.4 is 5.48 Å². The molecule has 4 heteroatoms. The highest BCUT2D eigenvalue weighted by Crippen LogP contribution is 2.14. The average molecular weight is 249 g/mol. The van der Waals surface area contributed by atoms with Crippen molar-refractivity contribution >= 4 is 5.91 Å². The molecule has 18 heavy (non-hydrogen) atoms. The van der Waals surface area contributed by atoms with E-state index in [0.29, 0.717) is 12.2 Å². The van der Waals surface area contributed by atoms with Crippen molar-refractivity contribution in [3.63, 3.8) is 0 Å². The summed E-state index contributed by atoms with van der Waals surface area (Å²) in [6, 6.07) is 5.65. The van der Waals surface area contributed by atoms with Crippen molar-refractivity contribution in [3.8, 4) is 0 Å². The number of hydrogen-bond acceptors (Lipinski definition) is 3.